The van der Waals surface area contributed by atoms with Gasteiger partial charge in [0.2, 0.25) is 15.9 Å². The summed E-state index contributed by atoms with van der Waals surface area (Å²) in [6.45, 7) is 1.39. The molecule has 1 amide bonds. The van der Waals surface area contributed by atoms with Crippen molar-refractivity contribution in [3.8, 4) is 0 Å². The van der Waals surface area contributed by atoms with Crippen molar-refractivity contribution in [2.45, 2.75) is 30.1 Å². The van der Waals surface area contributed by atoms with Crippen LogP contribution in [-0.4, -0.2) is 43.8 Å². The van der Waals surface area contributed by atoms with E-state index >= 15 is 0 Å². The summed E-state index contributed by atoms with van der Waals surface area (Å²) in [5, 5.41) is 1.54. The van der Waals surface area contributed by atoms with Crippen molar-refractivity contribution in [3.63, 3.8) is 0 Å². The Morgan fingerprint density at radius 3 is 2.73 bits per heavy atom. The monoisotopic (exact) mass is 463 g/mol. The van der Waals surface area contributed by atoms with Gasteiger partial charge in [0.05, 0.1) is 20.1 Å². The minimum absolute atomic E-state index is 0.0420. The molecule has 1 atom stereocenters. The summed E-state index contributed by atoms with van der Waals surface area (Å²) in [4.78, 5) is 19.4. The van der Waals surface area contributed by atoms with Crippen LogP contribution in [0.5, 0.6) is 0 Å². The molecule has 1 unspecified atom stereocenters. The molecule has 0 spiro atoms. The number of benzene rings is 2. The van der Waals surface area contributed by atoms with Gasteiger partial charge in [-0.25, -0.2) is 18.1 Å². The Bertz CT molecular complexity index is 1110. The van der Waals surface area contributed by atoms with Crippen LogP contribution in [-0.2, 0) is 14.8 Å². The first-order chi connectivity index (χ1) is 14.4. The number of para-hydroxylation sites is 1. The van der Waals surface area contributed by atoms with Crippen LogP contribution in [0, 0.1) is 0 Å². The Labute approximate surface area is 184 Å². The fraction of sp³-hybridized carbons (Fsp3) is 0.333. The van der Waals surface area contributed by atoms with Crippen molar-refractivity contribution < 1.29 is 13.2 Å². The van der Waals surface area contributed by atoms with Crippen LogP contribution < -0.4 is 4.72 Å². The van der Waals surface area contributed by atoms with Crippen molar-refractivity contribution in [1.29, 1.82) is 0 Å². The molecule has 1 aromatic heterocycles. The summed E-state index contributed by atoms with van der Waals surface area (Å²) in [5.74, 6) is 0.186. The summed E-state index contributed by atoms with van der Waals surface area (Å²) < 4.78 is 28.3. The highest BCUT2D eigenvalue weighted by Crippen LogP contribution is 2.33. The summed E-state index contributed by atoms with van der Waals surface area (Å²) in [6.07, 6.45) is 2.05. The Morgan fingerprint density at radius 1 is 1.20 bits per heavy atom. The van der Waals surface area contributed by atoms with Crippen LogP contribution in [0.4, 0.5) is 0 Å². The Kier molecular flexibility index (Phi) is 6.38. The Morgan fingerprint density at radius 2 is 1.97 bits per heavy atom. The van der Waals surface area contributed by atoms with Gasteiger partial charge in [0.1, 0.15) is 0 Å². The molecule has 1 saturated heterocycles. The van der Waals surface area contributed by atoms with E-state index in [1.807, 2.05) is 23.1 Å². The zero-order valence-corrected chi connectivity index (χ0v) is 18.6. The number of hydrogen-bond donors (Lipinski definition) is 1. The first-order valence-corrected chi connectivity index (χ1v) is 12.5. The second-order valence-electron chi connectivity index (χ2n) is 7.30. The topological polar surface area (TPSA) is 79.4 Å². The van der Waals surface area contributed by atoms with Crippen molar-refractivity contribution >= 4 is 49.1 Å². The maximum absolute atomic E-state index is 12.7. The van der Waals surface area contributed by atoms with E-state index in [1.165, 1.54) is 24.3 Å². The second-order valence-corrected chi connectivity index (χ2v) is 10.6. The lowest BCUT2D eigenvalue weighted by atomic mass is 9.98. The average Bonchev–Trinajstić information content (AvgIpc) is 3.18. The number of amides is 1. The zero-order chi connectivity index (χ0) is 21.1. The van der Waals surface area contributed by atoms with Crippen molar-refractivity contribution in [2.24, 2.45) is 0 Å². The molecule has 0 bridgehead atoms. The lowest BCUT2D eigenvalue weighted by Gasteiger charge is -2.32. The fourth-order valence-corrected chi connectivity index (χ4v) is 5.87. The zero-order valence-electron chi connectivity index (χ0n) is 16.3. The Balaban J connectivity index is 1.33. The Hall–Kier alpha value is -2.00. The molecule has 1 aliphatic heterocycles. The molecular formula is C21H22ClN3O3S2. The third-order valence-electron chi connectivity index (χ3n) is 5.19. The van der Waals surface area contributed by atoms with Crippen molar-refractivity contribution in [2.75, 3.05) is 19.6 Å². The molecule has 1 fully saturated rings. The second kappa shape index (κ2) is 9.01. The van der Waals surface area contributed by atoms with Gasteiger partial charge >= 0.3 is 0 Å². The van der Waals surface area contributed by atoms with E-state index in [1.54, 1.807) is 11.3 Å². The van der Waals surface area contributed by atoms with Gasteiger partial charge < -0.3 is 4.90 Å². The molecule has 30 heavy (non-hydrogen) atoms. The van der Waals surface area contributed by atoms with Gasteiger partial charge in [-0.15, -0.1) is 11.3 Å². The molecule has 1 aliphatic rings. The SMILES string of the molecule is O=C(CCNS(=O)(=O)c1ccc(Cl)cc1)N1CCCC(c2nc3ccccc3s2)C1. The highest BCUT2D eigenvalue weighted by molar-refractivity contribution is 7.89. The van der Waals surface area contributed by atoms with Crippen molar-refractivity contribution in [3.05, 3.63) is 58.6 Å². The standard InChI is InChI=1S/C21H22ClN3O3S2/c22-16-7-9-17(10-8-16)30(27,28)23-12-11-20(26)25-13-3-4-15(14-25)21-24-18-5-1-2-6-19(18)29-21/h1-2,5-10,15,23H,3-4,11-14H2. The molecule has 4 rings (SSSR count). The molecule has 0 aliphatic carbocycles. The predicted octanol–water partition coefficient (Wildman–Crippen LogP) is 4.02. The molecule has 2 heterocycles. The van der Waals surface area contributed by atoms with E-state index in [9.17, 15) is 13.2 Å². The summed E-state index contributed by atoms with van der Waals surface area (Å²) in [6, 6.07) is 14.0. The first-order valence-electron chi connectivity index (χ1n) is 9.81. The first kappa shape index (κ1) is 21.2. The third kappa shape index (κ3) is 4.83. The van der Waals surface area contributed by atoms with E-state index in [2.05, 4.69) is 10.8 Å². The molecule has 1 N–H and O–H groups in total. The van der Waals surface area contributed by atoms with E-state index in [0.717, 1.165) is 28.1 Å². The van der Waals surface area contributed by atoms with Gasteiger partial charge in [0, 0.05) is 37.0 Å². The molecule has 9 heteroatoms. The maximum Gasteiger partial charge on any atom is 0.240 e. The molecule has 0 saturated carbocycles. The van der Waals surface area contributed by atoms with E-state index < -0.39 is 10.0 Å². The number of carbonyl (C=O) groups is 1. The lowest BCUT2D eigenvalue weighted by Crippen LogP contribution is -2.40. The molecule has 6 nitrogen and oxygen atoms in total. The summed E-state index contributed by atoms with van der Waals surface area (Å²) in [5.41, 5.74) is 0.998. The normalized spacial score (nSPS) is 17.4. The number of nitrogens with zero attached hydrogens (tertiary/aromatic N) is 2. The number of hydrogen-bond acceptors (Lipinski definition) is 5. The van der Waals surface area contributed by atoms with Gasteiger partial charge in [-0.1, -0.05) is 23.7 Å². The van der Waals surface area contributed by atoms with Crippen molar-refractivity contribution in [1.82, 2.24) is 14.6 Å². The van der Waals surface area contributed by atoms with Gasteiger partial charge in [0.25, 0.3) is 0 Å². The molecule has 3 aromatic rings. The minimum Gasteiger partial charge on any atom is -0.342 e. The number of likely N-dealkylation sites (tertiary alicyclic amines) is 1. The number of nitrogens with one attached hydrogen (secondary N) is 1. The number of carbonyl (C=O) groups excluding carboxylic acids is 1. The van der Waals surface area contributed by atoms with Crippen LogP contribution in [0.3, 0.4) is 0 Å². The number of rotatable bonds is 6. The number of thiazole rings is 1. The minimum atomic E-state index is -3.66. The average molecular weight is 464 g/mol. The highest BCUT2D eigenvalue weighted by Gasteiger charge is 2.27. The quantitative estimate of drug-likeness (QED) is 0.598. The van der Waals surface area contributed by atoms with E-state index in [-0.39, 0.29) is 29.7 Å². The van der Waals surface area contributed by atoms with Gasteiger partial charge in [-0.05, 0) is 49.2 Å². The number of halogens is 1. The molecule has 0 radical (unpaired) electrons. The molecular weight excluding hydrogens is 442 g/mol. The van der Waals surface area contributed by atoms with E-state index in [0.29, 0.717) is 18.1 Å². The van der Waals surface area contributed by atoms with E-state index in [4.69, 9.17) is 16.6 Å². The predicted molar refractivity (Wildman–Crippen MR) is 119 cm³/mol. The highest BCUT2D eigenvalue weighted by atomic mass is 35.5. The summed E-state index contributed by atoms with van der Waals surface area (Å²) in [7, 11) is -3.66. The van der Waals surface area contributed by atoms with Crippen LogP contribution >= 0.6 is 22.9 Å². The lowest BCUT2D eigenvalue weighted by molar-refractivity contribution is -0.132. The van der Waals surface area contributed by atoms with Crippen LogP contribution in [0.25, 0.3) is 10.2 Å². The smallest absolute Gasteiger partial charge is 0.240 e. The number of piperidine rings is 1. The van der Waals surface area contributed by atoms with Crippen LogP contribution in [0.1, 0.15) is 30.2 Å². The largest absolute Gasteiger partial charge is 0.342 e. The third-order valence-corrected chi connectivity index (χ3v) is 8.12. The summed E-state index contributed by atoms with van der Waals surface area (Å²) >= 11 is 7.49. The number of aromatic nitrogens is 1. The van der Waals surface area contributed by atoms with Crippen LogP contribution in [0.2, 0.25) is 5.02 Å². The van der Waals surface area contributed by atoms with Gasteiger partial charge in [-0.3, -0.25) is 4.79 Å². The molecule has 2 aromatic carbocycles. The number of fused-ring (bicyclic) bond motifs is 1. The van der Waals surface area contributed by atoms with Crippen LogP contribution in [0.15, 0.2) is 53.4 Å². The fourth-order valence-electron chi connectivity index (χ4n) is 3.62. The van der Waals surface area contributed by atoms with Gasteiger partial charge in [-0.2, -0.15) is 0 Å². The molecule has 158 valence electrons. The van der Waals surface area contributed by atoms with Gasteiger partial charge in [0.15, 0.2) is 0 Å². The number of sulfonamides is 1. The maximum atomic E-state index is 12.7.